The van der Waals surface area contributed by atoms with Crippen molar-refractivity contribution in [1.29, 1.82) is 0 Å². The van der Waals surface area contributed by atoms with Gasteiger partial charge in [-0.1, -0.05) is 24.3 Å². The van der Waals surface area contributed by atoms with Gasteiger partial charge in [-0.05, 0) is 46.6 Å². The molecular formula is C12H8. The van der Waals surface area contributed by atoms with E-state index in [4.69, 9.17) is 0 Å². The highest BCUT2D eigenvalue weighted by Crippen LogP contribution is 2.27. The van der Waals surface area contributed by atoms with Gasteiger partial charge in [-0.3, -0.25) is 0 Å². The summed E-state index contributed by atoms with van der Waals surface area (Å²) in [6, 6.07) is 0. The van der Waals surface area contributed by atoms with E-state index in [9.17, 15) is 0 Å². The minimum absolute atomic E-state index is 1.34. The molecule has 0 fully saturated rings. The van der Waals surface area contributed by atoms with Crippen molar-refractivity contribution in [2.24, 2.45) is 0 Å². The molecule has 56 valence electrons. The van der Waals surface area contributed by atoms with Crippen molar-refractivity contribution < 1.29 is 0 Å². The predicted octanol–water partition coefficient (Wildman–Crippen LogP) is 2.85. The van der Waals surface area contributed by atoms with Crippen molar-refractivity contribution in [3.8, 4) is 0 Å². The smallest absolute Gasteiger partial charge is 0.0239 e. The second-order valence-electron chi connectivity index (χ2n) is 3.24. The Morgan fingerprint density at radius 3 is 1.42 bits per heavy atom. The largest absolute Gasteiger partial charge is 0.0544 e. The van der Waals surface area contributed by atoms with Crippen LogP contribution in [0.25, 0.3) is 0 Å². The third kappa shape index (κ3) is 1.12. The van der Waals surface area contributed by atoms with E-state index in [1.54, 1.807) is 0 Å². The summed E-state index contributed by atoms with van der Waals surface area (Å²) in [5, 5.41) is 0. The van der Waals surface area contributed by atoms with E-state index in [0.717, 1.165) is 0 Å². The lowest BCUT2D eigenvalue weighted by Gasteiger charge is -2.07. The van der Waals surface area contributed by atoms with Gasteiger partial charge in [0.15, 0.2) is 0 Å². The van der Waals surface area contributed by atoms with Crippen LogP contribution in [0.3, 0.4) is 0 Å². The van der Waals surface area contributed by atoms with Gasteiger partial charge in [0.05, 0.1) is 0 Å². The zero-order valence-electron chi connectivity index (χ0n) is 6.62. The first-order chi connectivity index (χ1) is 5.90. The highest BCUT2D eigenvalue weighted by atomic mass is 14.1. The Hall–Kier alpha value is -1.56. The minimum Gasteiger partial charge on any atom is -0.0544 e. The van der Waals surface area contributed by atoms with Crippen molar-refractivity contribution in [3.63, 3.8) is 0 Å². The first kappa shape index (κ1) is 6.01. The SMILES string of the molecule is C1=CC1=CC1=CC(C=C2C=C2)=C1. The summed E-state index contributed by atoms with van der Waals surface area (Å²) in [6.45, 7) is 0. The van der Waals surface area contributed by atoms with Gasteiger partial charge < -0.3 is 0 Å². The van der Waals surface area contributed by atoms with Gasteiger partial charge >= 0.3 is 0 Å². The van der Waals surface area contributed by atoms with Crippen molar-refractivity contribution >= 4 is 0 Å². The summed E-state index contributed by atoms with van der Waals surface area (Å²) in [4.78, 5) is 0. The lowest BCUT2D eigenvalue weighted by molar-refractivity contribution is 1.48. The van der Waals surface area contributed by atoms with Crippen LogP contribution in [0.2, 0.25) is 0 Å². The molecule has 0 heterocycles. The summed E-state index contributed by atoms with van der Waals surface area (Å²) >= 11 is 0. The van der Waals surface area contributed by atoms with Crippen molar-refractivity contribution in [2.75, 3.05) is 0 Å². The molecule has 0 aromatic rings. The van der Waals surface area contributed by atoms with Gasteiger partial charge in [0.25, 0.3) is 0 Å². The molecule has 3 rings (SSSR count). The van der Waals surface area contributed by atoms with Crippen LogP contribution in [0.5, 0.6) is 0 Å². The molecule has 3 aliphatic carbocycles. The van der Waals surface area contributed by atoms with Crippen LogP contribution in [-0.2, 0) is 0 Å². The molecule has 0 aliphatic heterocycles. The average molecular weight is 152 g/mol. The Labute approximate surface area is 71.6 Å². The Bertz CT molecular complexity index is 357. The number of hydrogen-bond donors (Lipinski definition) is 0. The number of rotatable bonds is 2. The molecule has 0 aromatic heterocycles. The zero-order valence-corrected chi connectivity index (χ0v) is 6.62. The first-order valence-corrected chi connectivity index (χ1v) is 4.13. The van der Waals surface area contributed by atoms with E-state index in [-0.39, 0.29) is 0 Å². The summed E-state index contributed by atoms with van der Waals surface area (Å²) in [5.74, 6) is 0. The first-order valence-electron chi connectivity index (χ1n) is 4.13. The van der Waals surface area contributed by atoms with E-state index in [2.05, 4.69) is 48.6 Å². The fourth-order valence-corrected chi connectivity index (χ4v) is 1.21. The van der Waals surface area contributed by atoms with E-state index < -0.39 is 0 Å². The van der Waals surface area contributed by atoms with Crippen LogP contribution in [0, 0.1) is 0 Å². The highest BCUT2D eigenvalue weighted by molar-refractivity contribution is 5.63. The Kier molecular flexibility index (Phi) is 0.991. The van der Waals surface area contributed by atoms with Gasteiger partial charge in [-0.15, -0.1) is 0 Å². The monoisotopic (exact) mass is 152 g/mol. The van der Waals surface area contributed by atoms with E-state index in [1.807, 2.05) is 0 Å². The molecule has 0 amide bonds. The van der Waals surface area contributed by atoms with Crippen LogP contribution in [0.4, 0.5) is 0 Å². The van der Waals surface area contributed by atoms with E-state index >= 15 is 0 Å². The molecule has 0 heteroatoms. The normalized spacial score (nSPS) is 21.3. The second-order valence-corrected chi connectivity index (χ2v) is 3.24. The molecule has 12 heavy (non-hydrogen) atoms. The van der Waals surface area contributed by atoms with Crippen molar-refractivity contribution in [3.05, 3.63) is 70.9 Å². The fraction of sp³-hybridized carbons (Fsp3) is 0. The van der Waals surface area contributed by atoms with Crippen LogP contribution >= 0.6 is 0 Å². The summed E-state index contributed by atoms with van der Waals surface area (Å²) in [6.07, 6.45) is 17.3. The molecule has 0 unspecified atom stereocenters. The maximum Gasteiger partial charge on any atom is -0.0239 e. The fourth-order valence-electron chi connectivity index (χ4n) is 1.21. The predicted molar refractivity (Wildman–Crippen MR) is 50.6 cm³/mol. The molecule has 0 bridgehead atoms. The molecular weight excluding hydrogens is 144 g/mol. The summed E-state index contributed by atoms with van der Waals surface area (Å²) in [7, 11) is 0. The number of allylic oxidation sites excluding steroid dienone is 12. The van der Waals surface area contributed by atoms with Crippen molar-refractivity contribution in [1.82, 2.24) is 0 Å². The van der Waals surface area contributed by atoms with Gasteiger partial charge in [-0.25, -0.2) is 0 Å². The lowest BCUT2D eigenvalue weighted by atomic mass is 9.98. The molecule has 0 saturated heterocycles. The van der Waals surface area contributed by atoms with E-state index in [1.165, 1.54) is 22.3 Å². The lowest BCUT2D eigenvalue weighted by Crippen LogP contribution is -1.88. The Morgan fingerprint density at radius 1 is 0.667 bits per heavy atom. The summed E-state index contributed by atoms with van der Waals surface area (Å²) in [5.41, 5.74) is 5.38. The third-order valence-electron chi connectivity index (χ3n) is 2.05. The molecule has 0 saturated carbocycles. The van der Waals surface area contributed by atoms with Crippen LogP contribution in [0.1, 0.15) is 0 Å². The van der Waals surface area contributed by atoms with Crippen molar-refractivity contribution in [2.45, 2.75) is 0 Å². The molecule has 0 nitrogen and oxygen atoms in total. The Balaban J connectivity index is 1.67. The maximum atomic E-state index is 2.21. The van der Waals surface area contributed by atoms with Gasteiger partial charge in [0, 0.05) is 0 Å². The molecule has 0 atom stereocenters. The minimum atomic E-state index is 1.34. The maximum absolute atomic E-state index is 2.21. The zero-order chi connectivity index (χ0) is 7.97. The molecule has 3 aliphatic rings. The van der Waals surface area contributed by atoms with Gasteiger partial charge in [0.2, 0.25) is 0 Å². The standard InChI is InChI=1S/C12H8/c1-2-9(1)5-11-7-12(8-11)6-10-3-4-10/h1-8H. The third-order valence-corrected chi connectivity index (χ3v) is 2.05. The highest BCUT2D eigenvalue weighted by Gasteiger charge is 2.08. The molecule has 0 radical (unpaired) electrons. The quantitative estimate of drug-likeness (QED) is 0.570. The molecule has 0 N–H and O–H groups in total. The number of hydrogen-bond acceptors (Lipinski definition) is 0. The van der Waals surface area contributed by atoms with Crippen LogP contribution < -0.4 is 0 Å². The Morgan fingerprint density at radius 2 is 1.08 bits per heavy atom. The summed E-state index contributed by atoms with van der Waals surface area (Å²) < 4.78 is 0. The van der Waals surface area contributed by atoms with Gasteiger partial charge in [0.1, 0.15) is 0 Å². The van der Waals surface area contributed by atoms with Crippen LogP contribution in [0.15, 0.2) is 70.9 Å². The van der Waals surface area contributed by atoms with E-state index in [0.29, 0.717) is 0 Å². The van der Waals surface area contributed by atoms with Gasteiger partial charge in [-0.2, -0.15) is 0 Å². The van der Waals surface area contributed by atoms with Crippen LogP contribution in [-0.4, -0.2) is 0 Å². The molecule has 0 spiro atoms. The molecule has 0 aromatic carbocycles. The average Bonchev–Trinajstić information content (AvgIpc) is 2.77. The second kappa shape index (κ2) is 1.98. The topological polar surface area (TPSA) is 0 Å².